The van der Waals surface area contributed by atoms with Gasteiger partial charge in [0.25, 0.3) is 0 Å². The third-order valence-corrected chi connectivity index (χ3v) is 3.22. The zero-order chi connectivity index (χ0) is 15.1. The van der Waals surface area contributed by atoms with E-state index in [0.29, 0.717) is 6.04 Å². The molecule has 0 amide bonds. The van der Waals surface area contributed by atoms with Crippen molar-refractivity contribution in [3.63, 3.8) is 0 Å². The van der Waals surface area contributed by atoms with Crippen molar-refractivity contribution in [2.24, 2.45) is 0 Å². The number of likely N-dealkylation sites (N-methyl/N-ethyl adjacent to an activating group) is 1. The van der Waals surface area contributed by atoms with Crippen molar-refractivity contribution in [1.82, 2.24) is 20.5 Å². The molecule has 2 aromatic rings. The normalized spacial score (nSPS) is 10.9. The molecule has 0 aliphatic heterocycles. The smallest absolute Gasteiger partial charge is 0.150 e. The Bertz CT molecular complexity index is 524. The van der Waals surface area contributed by atoms with E-state index < -0.39 is 0 Å². The summed E-state index contributed by atoms with van der Waals surface area (Å²) in [5.74, 6) is 0.888. The van der Waals surface area contributed by atoms with Crippen molar-refractivity contribution in [3.8, 4) is 0 Å². The van der Waals surface area contributed by atoms with Crippen LogP contribution in [0.2, 0.25) is 0 Å². The second kappa shape index (κ2) is 7.69. The largest absolute Gasteiger partial charge is 0.358 e. The molecule has 0 aromatic carbocycles. The van der Waals surface area contributed by atoms with Crippen molar-refractivity contribution in [1.29, 1.82) is 0 Å². The minimum absolute atomic E-state index is 0.451. The lowest BCUT2D eigenvalue weighted by atomic mass is 10.2. The van der Waals surface area contributed by atoms with Gasteiger partial charge in [0.15, 0.2) is 5.82 Å². The van der Waals surface area contributed by atoms with Crippen LogP contribution in [-0.4, -0.2) is 34.8 Å². The van der Waals surface area contributed by atoms with Crippen LogP contribution in [0.3, 0.4) is 0 Å². The van der Waals surface area contributed by atoms with Crippen molar-refractivity contribution in [2.45, 2.75) is 32.9 Å². The Balaban J connectivity index is 1.86. The Labute approximate surface area is 126 Å². The first kappa shape index (κ1) is 15.4. The molecule has 1 N–H and O–H groups in total. The van der Waals surface area contributed by atoms with E-state index in [9.17, 15) is 0 Å². The number of rotatable bonds is 7. The Morgan fingerprint density at radius 3 is 2.57 bits per heavy atom. The van der Waals surface area contributed by atoms with Gasteiger partial charge in [-0.1, -0.05) is 19.9 Å². The summed E-state index contributed by atoms with van der Waals surface area (Å²) in [5.41, 5.74) is 2.06. The zero-order valence-corrected chi connectivity index (χ0v) is 13.0. The van der Waals surface area contributed by atoms with E-state index in [4.69, 9.17) is 0 Å². The molecule has 0 aliphatic rings. The van der Waals surface area contributed by atoms with Gasteiger partial charge in [0.2, 0.25) is 0 Å². The van der Waals surface area contributed by atoms with E-state index in [1.165, 1.54) is 0 Å². The molecule has 5 heteroatoms. The average Bonchev–Trinajstić information content (AvgIpc) is 2.52. The van der Waals surface area contributed by atoms with E-state index in [2.05, 4.69) is 39.2 Å². The third kappa shape index (κ3) is 5.11. The van der Waals surface area contributed by atoms with Crippen molar-refractivity contribution >= 4 is 5.82 Å². The number of nitrogens with one attached hydrogen (secondary N) is 1. The van der Waals surface area contributed by atoms with Gasteiger partial charge in [-0.25, -0.2) is 0 Å². The van der Waals surface area contributed by atoms with Crippen molar-refractivity contribution in [2.75, 3.05) is 18.5 Å². The standard InChI is InChI=1S/C16H23N5/c1-13(2)18-12-15-7-8-16(20-19-15)21(3)11-9-14-6-4-5-10-17-14/h4-8,10,13,18H,9,11-12H2,1-3H3. The fourth-order valence-electron chi connectivity index (χ4n) is 1.90. The predicted octanol–water partition coefficient (Wildman–Crippen LogP) is 2.05. The summed E-state index contributed by atoms with van der Waals surface area (Å²) >= 11 is 0. The van der Waals surface area contributed by atoms with Crippen LogP contribution < -0.4 is 10.2 Å². The summed E-state index contributed by atoms with van der Waals surface area (Å²) in [6.45, 7) is 5.86. The number of anilines is 1. The number of pyridine rings is 1. The molecule has 2 rings (SSSR count). The summed E-state index contributed by atoms with van der Waals surface area (Å²) in [4.78, 5) is 6.43. The molecule has 112 valence electrons. The third-order valence-electron chi connectivity index (χ3n) is 3.22. The number of hydrogen-bond acceptors (Lipinski definition) is 5. The molecule has 2 aromatic heterocycles. The summed E-state index contributed by atoms with van der Waals surface area (Å²) in [6.07, 6.45) is 2.72. The van der Waals surface area contributed by atoms with Gasteiger partial charge in [0.05, 0.1) is 5.69 Å². The average molecular weight is 285 g/mol. The molecule has 0 saturated heterocycles. The highest BCUT2D eigenvalue weighted by atomic mass is 15.2. The quantitative estimate of drug-likeness (QED) is 0.844. The fraction of sp³-hybridized carbons (Fsp3) is 0.438. The first-order chi connectivity index (χ1) is 10.1. The first-order valence-electron chi connectivity index (χ1n) is 7.32. The molecule has 21 heavy (non-hydrogen) atoms. The molecule has 0 unspecified atom stereocenters. The molecule has 0 atom stereocenters. The van der Waals surface area contributed by atoms with Gasteiger partial charge in [0, 0.05) is 44.5 Å². The van der Waals surface area contributed by atoms with Crippen LogP contribution >= 0.6 is 0 Å². The maximum absolute atomic E-state index is 4.33. The van der Waals surface area contributed by atoms with Crippen LogP contribution in [0.5, 0.6) is 0 Å². The predicted molar refractivity (Wildman–Crippen MR) is 85.2 cm³/mol. The fourth-order valence-corrected chi connectivity index (χ4v) is 1.90. The number of nitrogens with zero attached hydrogens (tertiary/aromatic N) is 4. The topological polar surface area (TPSA) is 53.9 Å². The number of aromatic nitrogens is 3. The molecule has 0 fully saturated rings. The SMILES string of the molecule is CC(C)NCc1ccc(N(C)CCc2ccccn2)nn1. The van der Waals surface area contributed by atoms with E-state index in [-0.39, 0.29) is 0 Å². The molecular formula is C16H23N5. The molecule has 0 aliphatic carbocycles. The van der Waals surface area contributed by atoms with E-state index in [0.717, 1.165) is 36.7 Å². The lowest BCUT2D eigenvalue weighted by molar-refractivity contribution is 0.577. The van der Waals surface area contributed by atoms with Crippen LogP contribution in [0.25, 0.3) is 0 Å². The van der Waals surface area contributed by atoms with Crippen LogP contribution in [0.1, 0.15) is 25.2 Å². The highest BCUT2D eigenvalue weighted by molar-refractivity contribution is 5.36. The van der Waals surface area contributed by atoms with Gasteiger partial charge in [-0.15, -0.1) is 5.10 Å². The van der Waals surface area contributed by atoms with Gasteiger partial charge in [-0.3, -0.25) is 4.98 Å². The van der Waals surface area contributed by atoms with E-state index in [1.54, 1.807) is 0 Å². The van der Waals surface area contributed by atoms with Crippen LogP contribution in [0.4, 0.5) is 5.82 Å². The Kier molecular flexibility index (Phi) is 5.63. The second-order valence-corrected chi connectivity index (χ2v) is 5.41. The van der Waals surface area contributed by atoms with Crippen LogP contribution in [0.15, 0.2) is 36.5 Å². The molecule has 0 bridgehead atoms. The Hall–Kier alpha value is -2.01. The van der Waals surface area contributed by atoms with E-state index >= 15 is 0 Å². The van der Waals surface area contributed by atoms with Gasteiger partial charge in [-0.05, 0) is 24.3 Å². The van der Waals surface area contributed by atoms with Gasteiger partial charge in [-0.2, -0.15) is 5.10 Å². The first-order valence-corrected chi connectivity index (χ1v) is 7.32. The van der Waals surface area contributed by atoms with E-state index in [1.807, 2.05) is 43.6 Å². The summed E-state index contributed by atoms with van der Waals surface area (Å²) in [5, 5.41) is 11.9. The van der Waals surface area contributed by atoms with Crippen LogP contribution in [0, 0.1) is 0 Å². The minimum Gasteiger partial charge on any atom is -0.358 e. The molecule has 2 heterocycles. The summed E-state index contributed by atoms with van der Waals surface area (Å²) < 4.78 is 0. The summed E-state index contributed by atoms with van der Waals surface area (Å²) in [6, 6.07) is 10.5. The minimum atomic E-state index is 0.451. The van der Waals surface area contributed by atoms with Crippen molar-refractivity contribution < 1.29 is 0 Å². The monoisotopic (exact) mass is 285 g/mol. The molecule has 0 spiro atoms. The molecule has 5 nitrogen and oxygen atoms in total. The Morgan fingerprint density at radius 1 is 1.10 bits per heavy atom. The number of hydrogen-bond donors (Lipinski definition) is 1. The summed E-state index contributed by atoms with van der Waals surface area (Å²) in [7, 11) is 2.03. The molecular weight excluding hydrogens is 262 g/mol. The lowest BCUT2D eigenvalue weighted by Gasteiger charge is -2.17. The van der Waals surface area contributed by atoms with Gasteiger partial charge in [0.1, 0.15) is 0 Å². The Morgan fingerprint density at radius 2 is 1.95 bits per heavy atom. The molecule has 0 saturated carbocycles. The second-order valence-electron chi connectivity index (χ2n) is 5.41. The zero-order valence-electron chi connectivity index (χ0n) is 13.0. The van der Waals surface area contributed by atoms with Gasteiger partial charge >= 0.3 is 0 Å². The highest BCUT2D eigenvalue weighted by Gasteiger charge is 2.05. The maximum atomic E-state index is 4.33. The van der Waals surface area contributed by atoms with Crippen LogP contribution in [-0.2, 0) is 13.0 Å². The lowest BCUT2D eigenvalue weighted by Crippen LogP contribution is -2.24. The highest BCUT2D eigenvalue weighted by Crippen LogP contribution is 2.08. The van der Waals surface area contributed by atoms with Crippen molar-refractivity contribution in [3.05, 3.63) is 47.9 Å². The maximum Gasteiger partial charge on any atom is 0.150 e. The van der Waals surface area contributed by atoms with Gasteiger partial charge < -0.3 is 10.2 Å². The molecule has 0 radical (unpaired) electrons.